The van der Waals surface area contributed by atoms with Gasteiger partial charge in [-0.1, -0.05) is 47.2 Å². The van der Waals surface area contributed by atoms with Crippen LogP contribution in [-0.2, 0) is 13.0 Å². The van der Waals surface area contributed by atoms with Gasteiger partial charge in [0.15, 0.2) is 5.13 Å². The maximum atomic E-state index is 12.9. The molecule has 4 amide bonds. The van der Waals surface area contributed by atoms with Crippen molar-refractivity contribution in [1.29, 1.82) is 0 Å². The summed E-state index contributed by atoms with van der Waals surface area (Å²) in [7, 11) is 0. The van der Waals surface area contributed by atoms with Gasteiger partial charge in [-0.25, -0.2) is 9.78 Å². The highest BCUT2D eigenvalue weighted by molar-refractivity contribution is 7.15. The van der Waals surface area contributed by atoms with E-state index in [1.165, 1.54) is 11.3 Å². The van der Waals surface area contributed by atoms with Crippen molar-refractivity contribution in [3.8, 4) is 0 Å². The summed E-state index contributed by atoms with van der Waals surface area (Å²) in [5, 5.41) is 9.14. The molecular formula is C24H24ClN5O3S. The number of nitrogens with one attached hydrogen (secondary N) is 3. The number of nitrogens with zero attached hydrogens (tertiary/aromatic N) is 2. The van der Waals surface area contributed by atoms with E-state index in [4.69, 9.17) is 11.6 Å². The monoisotopic (exact) mass is 497 g/mol. The molecule has 1 aromatic heterocycles. The first-order valence-corrected chi connectivity index (χ1v) is 12.0. The number of para-hydroxylation sites is 1. The first kappa shape index (κ1) is 23.7. The Morgan fingerprint density at radius 1 is 1.03 bits per heavy atom. The van der Waals surface area contributed by atoms with Gasteiger partial charge in [0.05, 0.1) is 34.1 Å². The smallest absolute Gasteiger partial charge is 0.325 e. The minimum absolute atomic E-state index is 0.0274. The van der Waals surface area contributed by atoms with Crippen LogP contribution in [0.4, 0.5) is 15.6 Å². The summed E-state index contributed by atoms with van der Waals surface area (Å²) in [6, 6.07) is 13.3. The van der Waals surface area contributed by atoms with Crippen LogP contribution in [0.3, 0.4) is 0 Å². The maximum absolute atomic E-state index is 12.9. The molecule has 8 nitrogen and oxygen atoms in total. The molecular weight excluding hydrogens is 474 g/mol. The number of carbonyl (C=O) groups excluding carboxylic acids is 3. The molecule has 0 fully saturated rings. The highest BCUT2D eigenvalue weighted by Gasteiger charge is 2.26. The zero-order valence-corrected chi connectivity index (χ0v) is 20.3. The number of hydrogen-bond acceptors (Lipinski definition) is 5. The lowest BCUT2D eigenvalue weighted by atomic mass is 10.1. The van der Waals surface area contributed by atoms with Crippen LogP contribution in [0.5, 0.6) is 0 Å². The normalized spacial score (nSPS) is 12.8. The summed E-state index contributed by atoms with van der Waals surface area (Å²) in [4.78, 5) is 45.1. The molecule has 0 aliphatic carbocycles. The van der Waals surface area contributed by atoms with Crippen molar-refractivity contribution in [2.75, 3.05) is 17.2 Å². The molecule has 2 aromatic carbocycles. The second-order valence-corrected chi connectivity index (χ2v) is 9.59. The van der Waals surface area contributed by atoms with Crippen LogP contribution < -0.4 is 16.0 Å². The van der Waals surface area contributed by atoms with Crippen molar-refractivity contribution in [1.82, 2.24) is 15.2 Å². The van der Waals surface area contributed by atoms with Gasteiger partial charge in [-0.2, -0.15) is 0 Å². The number of carbonyl (C=O) groups is 3. The summed E-state index contributed by atoms with van der Waals surface area (Å²) in [6.07, 6.45) is 0.587. The SMILES string of the molecule is CC(C)NC(=O)c1ccccc1NC(=O)Nc1nc2c(s1)CN(C(=O)c1ccccc1Cl)CC2. The lowest BCUT2D eigenvalue weighted by Crippen LogP contribution is -2.35. The first-order chi connectivity index (χ1) is 16.3. The molecule has 0 spiro atoms. The molecule has 176 valence electrons. The van der Waals surface area contributed by atoms with E-state index in [1.54, 1.807) is 53.4 Å². The van der Waals surface area contributed by atoms with Crippen molar-refractivity contribution in [3.05, 3.63) is 75.3 Å². The van der Waals surface area contributed by atoms with Gasteiger partial charge in [0.25, 0.3) is 11.8 Å². The van der Waals surface area contributed by atoms with Gasteiger partial charge >= 0.3 is 6.03 Å². The predicted molar refractivity (Wildman–Crippen MR) is 134 cm³/mol. The Balaban J connectivity index is 1.42. The van der Waals surface area contributed by atoms with Crippen molar-refractivity contribution >= 4 is 51.6 Å². The molecule has 3 N–H and O–H groups in total. The van der Waals surface area contributed by atoms with Gasteiger partial charge in [-0.3, -0.25) is 14.9 Å². The summed E-state index contributed by atoms with van der Waals surface area (Å²) >= 11 is 7.51. The van der Waals surface area contributed by atoms with Crippen molar-refractivity contribution in [2.24, 2.45) is 0 Å². The summed E-state index contributed by atoms with van der Waals surface area (Å²) < 4.78 is 0. The fraction of sp³-hybridized carbons (Fsp3) is 0.250. The molecule has 0 unspecified atom stereocenters. The van der Waals surface area contributed by atoms with Gasteiger partial charge in [-0.15, -0.1) is 0 Å². The second kappa shape index (κ2) is 10.2. The van der Waals surface area contributed by atoms with E-state index in [2.05, 4.69) is 20.9 Å². The quantitative estimate of drug-likeness (QED) is 0.472. The molecule has 0 saturated carbocycles. The Hall–Kier alpha value is -3.43. The Bertz CT molecular complexity index is 1240. The minimum atomic E-state index is -0.500. The molecule has 34 heavy (non-hydrogen) atoms. The first-order valence-electron chi connectivity index (χ1n) is 10.8. The van der Waals surface area contributed by atoms with E-state index in [0.717, 1.165) is 10.6 Å². The average Bonchev–Trinajstić information content (AvgIpc) is 3.20. The van der Waals surface area contributed by atoms with Crippen LogP contribution in [0.1, 0.15) is 45.1 Å². The minimum Gasteiger partial charge on any atom is -0.350 e. The Labute approximate surface area is 206 Å². The fourth-order valence-corrected chi connectivity index (χ4v) is 4.84. The fourth-order valence-electron chi connectivity index (χ4n) is 3.61. The maximum Gasteiger partial charge on any atom is 0.325 e. The number of hydrogen-bond donors (Lipinski definition) is 3. The van der Waals surface area contributed by atoms with Crippen LogP contribution in [0.25, 0.3) is 0 Å². The molecule has 0 bridgehead atoms. The number of fused-ring (bicyclic) bond motifs is 1. The lowest BCUT2D eigenvalue weighted by molar-refractivity contribution is 0.0736. The second-order valence-electron chi connectivity index (χ2n) is 8.10. The number of aromatic nitrogens is 1. The molecule has 10 heteroatoms. The van der Waals surface area contributed by atoms with Gasteiger partial charge in [0.1, 0.15) is 0 Å². The molecule has 3 aromatic rings. The Morgan fingerprint density at radius 3 is 2.47 bits per heavy atom. The molecule has 0 radical (unpaired) electrons. The highest BCUT2D eigenvalue weighted by atomic mass is 35.5. The van der Waals surface area contributed by atoms with E-state index < -0.39 is 6.03 Å². The van der Waals surface area contributed by atoms with Gasteiger partial charge in [0.2, 0.25) is 0 Å². The van der Waals surface area contributed by atoms with E-state index in [-0.39, 0.29) is 17.9 Å². The van der Waals surface area contributed by atoms with Crippen LogP contribution in [0.2, 0.25) is 5.02 Å². The third-order valence-corrected chi connectivity index (χ3v) is 6.51. The Morgan fingerprint density at radius 2 is 1.74 bits per heavy atom. The van der Waals surface area contributed by atoms with Crippen LogP contribution >= 0.6 is 22.9 Å². The topological polar surface area (TPSA) is 103 Å². The largest absolute Gasteiger partial charge is 0.350 e. The molecule has 2 heterocycles. The zero-order valence-electron chi connectivity index (χ0n) is 18.7. The molecule has 1 aliphatic rings. The standard InChI is InChI=1S/C24H24ClN5O3S/c1-14(2)26-21(31)16-8-4-6-10-18(16)27-23(33)29-24-28-19-11-12-30(13-20(19)34-24)22(32)15-7-3-5-9-17(15)25/h3-10,14H,11-13H2,1-2H3,(H,26,31)(H2,27,28,29,33). The molecule has 0 atom stereocenters. The number of anilines is 2. The number of benzene rings is 2. The number of halogens is 1. The van der Waals surface area contributed by atoms with Crippen molar-refractivity contribution in [3.63, 3.8) is 0 Å². The van der Waals surface area contributed by atoms with Crippen LogP contribution in [0.15, 0.2) is 48.5 Å². The third kappa shape index (κ3) is 5.37. The van der Waals surface area contributed by atoms with Gasteiger partial charge in [-0.05, 0) is 38.1 Å². The van der Waals surface area contributed by atoms with Crippen LogP contribution in [-0.4, -0.2) is 40.3 Å². The van der Waals surface area contributed by atoms with Gasteiger partial charge < -0.3 is 15.5 Å². The van der Waals surface area contributed by atoms with Crippen molar-refractivity contribution in [2.45, 2.75) is 32.9 Å². The Kier molecular flexibility index (Phi) is 7.14. The van der Waals surface area contributed by atoms with Crippen LogP contribution in [0, 0.1) is 0 Å². The van der Waals surface area contributed by atoms with E-state index in [0.29, 0.717) is 46.5 Å². The number of amides is 4. The zero-order chi connectivity index (χ0) is 24.2. The number of rotatable bonds is 5. The van der Waals surface area contributed by atoms with Crippen molar-refractivity contribution < 1.29 is 14.4 Å². The lowest BCUT2D eigenvalue weighted by Gasteiger charge is -2.26. The van der Waals surface area contributed by atoms with Gasteiger partial charge in [0, 0.05) is 23.9 Å². The number of thiazole rings is 1. The molecule has 1 aliphatic heterocycles. The third-order valence-electron chi connectivity index (χ3n) is 5.18. The summed E-state index contributed by atoms with van der Waals surface area (Å²) in [6.45, 7) is 4.66. The predicted octanol–water partition coefficient (Wildman–Crippen LogP) is 4.78. The molecule has 4 rings (SSSR count). The van der Waals surface area contributed by atoms with E-state index in [9.17, 15) is 14.4 Å². The highest BCUT2D eigenvalue weighted by Crippen LogP contribution is 2.30. The molecule has 0 saturated heterocycles. The van der Waals surface area contributed by atoms with E-state index in [1.807, 2.05) is 13.8 Å². The van der Waals surface area contributed by atoms with E-state index >= 15 is 0 Å². The summed E-state index contributed by atoms with van der Waals surface area (Å²) in [5.41, 5.74) is 2.10. The summed E-state index contributed by atoms with van der Waals surface area (Å²) in [5.74, 6) is -0.396. The average molecular weight is 498 g/mol. The number of urea groups is 1.